The van der Waals surface area contributed by atoms with Crippen LogP contribution in [0.5, 0.6) is 11.6 Å². The SMILES string of the molecule is CC(=O)N[C@@H](C)COc1cc2oc(-c3ccc(OCC4CC4)c(C(F)(F)F)c3)nc2cn1. The van der Waals surface area contributed by atoms with E-state index in [9.17, 15) is 18.0 Å². The molecule has 1 N–H and O–H groups in total. The Bertz CT molecular complexity index is 1130. The van der Waals surface area contributed by atoms with E-state index in [1.807, 2.05) is 0 Å². The van der Waals surface area contributed by atoms with Crippen molar-refractivity contribution >= 4 is 17.0 Å². The van der Waals surface area contributed by atoms with E-state index in [2.05, 4.69) is 15.3 Å². The number of hydrogen-bond acceptors (Lipinski definition) is 6. The molecule has 2 heterocycles. The first-order chi connectivity index (χ1) is 15.2. The summed E-state index contributed by atoms with van der Waals surface area (Å²) in [5, 5.41) is 2.69. The van der Waals surface area contributed by atoms with Crippen LogP contribution >= 0.6 is 0 Å². The highest BCUT2D eigenvalue weighted by molar-refractivity contribution is 5.76. The fraction of sp³-hybridized carbons (Fsp3) is 0.409. The van der Waals surface area contributed by atoms with Crippen molar-refractivity contribution in [3.63, 3.8) is 0 Å². The normalized spacial score (nSPS) is 14.9. The zero-order valence-corrected chi connectivity index (χ0v) is 17.5. The van der Waals surface area contributed by atoms with Crippen LogP contribution in [0.4, 0.5) is 13.2 Å². The maximum atomic E-state index is 13.6. The summed E-state index contributed by atoms with van der Waals surface area (Å²) < 4.78 is 57.4. The van der Waals surface area contributed by atoms with Gasteiger partial charge in [-0.1, -0.05) is 0 Å². The van der Waals surface area contributed by atoms with Crippen LogP contribution in [-0.4, -0.2) is 35.1 Å². The van der Waals surface area contributed by atoms with E-state index in [1.54, 1.807) is 6.92 Å². The topological polar surface area (TPSA) is 86.5 Å². The summed E-state index contributed by atoms with van der Waals surface area (Å²) >= 11 is 0. The number of amides is 1. The van der Waals surface area contributed by atoms with Crippen molar-refractivity contribution < 1.29 is 31.9 Å². The number of fused-ring (bicyclic) bond motifs is 1. The Morgan fingerprint density at radius 3 is 2.75 bits per heavy atom. The third-order valence-electron chi connectivity index (χ3n) is 4.88. The van der Waals surface area contributed by atoms with Gasteiger partial charge in [-0.3, -0.25) is 4.79 Å². The molecule has 1 saturated carbocycles. The van der Waals surface area contributed by atoms with Crippen molar-refractivity contribution in [3.05, 3.63) is 36.0 Å². The zero-order valence-electron chi connectivity index (χ0n) is 17.5. The molecule has 4 rings (SSSR count). The third-order valence-corrected chi connectivity index (χ3v) is 4.88. The van der Waals surface area contributed by atoms with Gasteiger partial charge in [0.15, 0.2) is 5.58 Å². The van der Waals surface area contributed by atoms with Gasteiger partial charge in [-0.25, -0.2) is 9.97 Å². The first-order valence-electron chi connectivity index (χ1n) is 10.2. The molecule has 0 aliphatic heterocycles. The summed E-state index contributed by atoms with van der Waals surface area (Å²) in [6, 6.07) is 5.04. The predicted octanol–water partition coefficient (Wildman–Crippen LogP) is 4.60. The number of pyridine rings is 1. The molecule has 1 aliphatic carbocycles. The molecule has 0 saturated heterocycles. The van der Waals surface area contributed by atoms with E-state index >= 15 is 0 Å². The Kier molecular flexibility index (Phi) is 5.94. The molecule has 1 atom stereocenters. The Morgan fingerprint density at radius 1 is 1.28 bits per heavy atom. The van der Waals surface area contributed by atoms with Gasteiger partial charge in [0, 0.05) is 18.6 Å². The van der Waals surface area contributed by atoms with Crippen LogP contribution in [-0.2, 0) is 11.0 Å². The van der Waals surface area contributed by atoms with Gasteiger partial charge in [0.05, 0.1) is 24.4 Å². The van der Waals surface area contributed by atoms with E-state index in [0.29, 0.717) is 17.0 Å². The molecule has 2 aromatic heterocycles. The number of nitrogens with one attached hydrogen (secondary N) is 1. The number of carbonyl (C=O) groups is 1. The first-order valence-corrected chi connectivity index (χ1v) is 10.2. The van der Waals surface area contributed by atoms with Gasteiger partial charge in [-0.05, 0) is 43.9 Å². The molecular formula is C22H22F3N3O4. The second-order valence-corrected chi connectivity index (χ2v) is 7.88. The van der Waals surface area contributed by atoms with Gasteiger partial charge >= 0.3 is 6.18 Å². The fourth-order valence-corrected chi connectivity index (χ4v) is 3.12. The van der Waals surface area contributed by atoms with Crippen LogP contribution in [0.15, 0.2) is 34.9 Å². The van der Waals surface area contributed by atoms with Gasteiger partial charge in [0.2, 0.25) is 17.7 Å². The minimum Gasteiger partial charge on any atom is -0.493 e. The largest absolute Gasteiger partial charge is 0.493 e. The van der Waals surface area contributed by atoms with Gasteiger partial charge in [-0.15, -0.1) is 0 Å². The van der Waals surface area contributed by atoms with E-state index < -0.39 is 11.7 Å². The molecule has 1 aromatic carbocycles. The highest BCUT2D eigenvalue weighted by Gasteiger charge is 2.36. The van der Waals surface area contributed by atoms with Crippen LogP contribution in [0.25, 0.3) is 22.6 Å². The van der Waals surface area contributed by atoms with E-state index in [-0.39, 0.29) is 48.2 Å². The van der Waals surface area contributed by atoms with Crippen LogP contribution in [0.1, 0.15) is 32.3 Å². The maximum Gasteiger partial charge on any atom is 0.419 e. The van der Waals surface area contributed by atoms with Crippen molar-refractivity contribution in [1.82, 2.24) is 15.3 Å². The van der Waals surface area contributed by atoms with Crippen LogP contribution in [0, 0.1) is 5.92 Å². The smallest absolute Gasteiger partial charge is 0.419 e. The standard InChI is InChI=1S/C22H22F3N3O4/c1-12(27-13(2)29)10-31-20-8-19-17(9-26-20)28-21(32-19)15-5-6-18(30-11-14-3-4-14)16(7-15)22(23,24)25/h5-9,12,14H,3-4,10-11H2,1-2H3,(H,27,29)/t12-/m0/s1. The number of ether oxygens (including phenoxy) is 2. The molecule has 0 bridgehead atoms. The van der Waals surface area contributed by atoms with Crippen molar-refractivity contribution in [2.24, 2.45) is 5.92 Å². The van der Waals surface area contributed by atoms with E-state index in [0.717, 1.165) is 18.9 Å². The fourth-order valence-electron chi connectivity index (χ4n) is 3.12. The number of nitrogens with zero attached hydrogens (tertiary/aromatic N) is 2. The monoisotopic (exact) mass is 449 g/mol. The van der Waals surface area contributed by atoms with Crippen molar-refractivity contribution in [2.45, 2.75) is 38.9 Å². The number of hydrogen-bond donors (Lipinski definition) is 1. The van der Waals surface area contributed by atoms with E-state index in [4.69, 9.17) is 13.9 Å². The molecule has 0 spiro atoms. The molecule has 10 heteroatoms. The number of oxazole rings is 1. The molecule has 3 aromatic rings. The lowest BCUT2D eigenvalue weighted by Crippen LogP contribution is -2.35. The lowest BCUT2D eigenvalue weighted by molar-refractivity contribution is -0.139. The van der Waals surface area contributed by atoms with Crippen LogP contribution < -0.4 is 14.8 Å². The highest BCUT2D eigenvalue weighted by Crippen LogP contribution is 2.40. The quantitative estimate of drug-likeness (QED) is 0.541. The third kappa shape index (κ3) is 5.30. The number of carbonyl (C=O) groups excluding carboxylic acids is 1. The summed E-state index contributed by atoms with van der Waals surface area (Å²) in [4.78, 5) is 19.4. The van der Waals surface area contributed by atoms with Gasteiger partial charge in [-0.2, -0.15) is 13.2 Å². The Hall–Kier alpha value is -3.30. The number of aromatic nitrogens is 2. The molecule has 7 nitrogen and oxygen atoms in total. The Labute approximate surface area is 181 Å². The molecule has 0 radical (unpaired) electrons. The lowest BCUT2D eigenvalue weighted by Gasteiger charge is -2.14. The number of halogens is 3. The van der Waals surface area contributed by atoms with Crippen LogP contribution in [0.2, 0.25) is 0 Å². The number of alkyl halides is 3. The summed E-state index contributed by atoms with van der Waals surface area (Å²) in [5.41, 5.74) is 0.00531. The van der Waals surface area contributed by atoms with Gasteiger partial charge < -0.3 is 19.2 Å². The number of rotatable bonds is 8. The van der Waals surface area contributed by atoms with Crippen LogP contribution in [0.3, 0.4) is 0 Å². The predicted molar refractivity (Wildman–Crippen MR) is 109 cm³/mol. The maximum absolute atomic E-state index is 13.6. The zero-order chi connectivity index (χ0) is 22.9. The summed E-state index contributed by atoms with van der Waals surface area (Å²) in [5.74, 6) is 0.237. The Morgan fingerprint density at radius 2 is 2.06 bits per heavy atom. The molecule has 1 amide bonds. The number of benzene rings is 1. The summed E-state index contributed by atoms with van der Waals surface area (Å²) in [6.45, 7) is 3.66. The van der Waals surface area contributed by atoms with Crippen molar-refractivity contribution in [1.29, 1.82) is 0 Å². The highest BCUT2D eigenvalue weighted by atomic mass is 19.4. The molecule has 170 valence electrons. The lowest BCUT2D eigenvalue weighted by atomic mass is 10.1. The van der Waals surface area contributed by atoms with Crippen molar-refractivity contribution in [2.75, 3.05) is 13.2 Å². The summed E-state index contributed by atoms with van der Waals surface area (Å²) in [7, 11) is 0. The average Bonchev–Trinajstić information content (AvgIpc) is 3.46. The molecule has 1 aliphatic rings. The minimum atomic E-state index is -4.58. The van der Waals surface area contributed by atoms with Gasteiger partial charge in [0.25, 0.3) is 0 Å². The molecule has 0 unspecified atom stereocenters. The second-order valence-electron chi connectivity index (χ2n) is 7.88. The molecule has 1 fully saturated rings. The molecule has 32 heavy (non-hydrogen) atoms. The van der Waals surface area contributed by atoms with Gasteiger partial charge in [0.1, 0.15) is 17.9 Å². The average molecular weight is 449 g/mol. The van der Waals surface area contributed by atoms with E-state index in [1.165, 1.54) is 31.3 Å². The minimum absolute atomic E-state index is 0.0322. The first kappa shape index (κ1) is 21.9. The summed E-state index contributed by atoms with van der Waals surface area (Å²) in [6.07, 6.45) is -1.20. The second kappa shape index (κ2) is 8.68. The van der Waals surface area contributed by atoms with Crippen molar-refractivity contribution in [3.8, 4) is 23.1 Å². The Balaban J connectivity index is 1.55. The molecular weight excluding hydrogens is 427 g/mol.